The molecule has 0 aromatic heterocycles. The average Bonchev–Trinajstić information content (AvgIpc) is 2.67. The molecule has 8 heteroatoms. The molecule has 2 aromatic carbocycles. The third-order valence-electron chi connectivity index (χ3n) is 4.32. The second kappa shape index (κ2) is 10.0. The van der Waals surface area contributed by atoms with E-state index in [9.17, 15) is 19.5 Å². The molecule has 0 bridgehead atoms. The lowest BCUT2D eigenvalue weighted by molar-refractivity contribution is -0.148. The molecule has 2 amide bonds. The normalized spacial score (nSPS) is 12.7. The number of carbonyl (C=O) groups excluding carboxylic acids is 2. The van der Waals surface area contributed by atoms with Crippen molar-refractivity contribution >= 4 is 29.4 Å². The average molecular weight is 419 g/mol. The molecule has 0 heterocycles. The maximum absolute atomic E-state index is 12.1. The molecule has 7 nitrogen and oxygen atoms in total. The van der Waals surface area contributed by atoms with Crippen molar-refractivity contribution in [3.05, 3.63) is 59.1 Å². The van der Waals surface area contributed by atoms with E-state index in [-0.39, 0.29) is 12.8 Å². The molecule has 0 radical (unpaired) electrons. The van der Waals surface area contributed by atoms with Crippen molar-refractivity contribution < 1.29 is 24.6 Å². The zero-order chi connectivity index (χ0) is 21.6. The smallest absolute Gasteiger partial charge is 0.332 e. The summed E-state index contributed by atoms with van der Waals surface area (Å²) in [5.41, 5.74) is 2.72. The molecule has 3 N–H and O–H groups in total. The van der Waals surface area contributed by atoms with Crippen molar-refractivity contribution in [2.45, 2.75) is 25.0 Å². The predicted octanol–water partition coefficient (Wildman–Crippen LogP) is 1.96. The number of carboxylic acids is 1. The minimum absolute atomic E-state index is 0.224. The maximum Gasteiger partial charge on any atom is 0.332 e. The van der Waals surface area contributed by atoms with Gasteiger partial charge < -0.3 is 20.4 Å². The molecule has 154 valence electrons. The molecular formula is C21H23ClN2O5. The minimum atomic E-state index is -1.65. The number of rotatable bonds is 7. The molecule has 2 rings (SSSR count). The number of aliphatic hydroxyl groups is 1. The Labute approximate surface area is 173 Å². The molecule has 0 spiro atoms. The van der Waals surface area contributed by atoms with Crippen LogP contribution in [0.25, 0.3) is 11.1 Å². The molecule has 0 unspecified atom stereocenters. The summed E-state index contributed by atoms with van der Waals surface area (Å²) in [7, 11) is 2.88. The van der Waals surface area contributed by atoms with E-state index in [0.717, 1.165) is 21.6 Å². The number of hydrogen-bond acceptors (Lipinski definition) is 4. The Morgan fingerprint density at radius 3 is 2.28 bits per heavy atom. The number of aliphatic carboxylic acids is 1. The Morgan fingerprint density at radius 2 is 1.72 bits per heavy atom. The first-order valence-corrected chi connectivity index (χ1v) is 9.33. The lowest BCUT2D eigenvalue weighted by atomic mass is 9.98. The monoisotopic (exact) mass is 418 g/mol. The van der Waals surface area contributed by atoms with Crippen molar-refractivity contribution in [2.75, 3.05) is 14.1 Å². The molecular weight excluding hydrogens is 396 g/mol. The van der Waals surface area contributed by atoms with Crippen molar-refractivity contribution in [3.63, 3.8) is 0 Å². The van der Waals surface area contributed by atoms with Crippen LogP contribution in [0.1, 0.15) is 12.0 Å². The highest BCUT2D eigenvalue weighted by Crippen LogP contribution is 2.23. The molecule has 0 aliphatic rings. The molecule has 0 saturated heterocycles. The van der Waals surface area contributed by atoms with Crippen molar-refractivity contribution in [3.8, 4) is 11.1 Å². The van der Waals surface area contributed by atoms with Crippen molar-refractivity contribution in [1.82, 2.24) is 10.2 Å². The van der Waals surface area contributed by atoms with Gasteiger partial charge in [-0.3, -0.25) is 9.59 Å². The van der Waals surface area contributed by atoms with Gasteiger partial charge in [-0.05, 0) is 35.2 Å². The highest BCUT2D eigenvalue weighted by atomic mass is 35.5. The number of hydrogen-bond donors (Lipinski definition) is 3. The lowest BCUT2D eigenvalue weighted by Gasteiger charge is -2.21. The minimum Gasteiger partial charge on any atom is -0.479 e. The standard InChI is InChI=1S/C21H23ClN2O5/c1-24(2)20(27)19(26)23-17(12-18(25)21(28)29)10-13-6-8-14(9-7-13)15-4-3-5-16(22)11-15/h3-9,11,17-18,25H,10,12H2,1-2H3,(H,23,26)(H,28,29)/t17-,18-/m1/s1. The highest BCUT2D eigenvalue weighted by molar-refractivity contribution is 6.34. The van der Waals surface area contributed by atoms with Gasteiger partial charge in [0.25, 0.3) is 0 Å². The number of amides is 2. The summed E-state index contributed by atoms with van der Waals surface area (Å²) < 4.78 is 0. The van der Waals surface area contributed by atoms with Crippen LogP contribution in [0.15, 0.2) is 48.5 Å². The van der Waals surface area contributed by atoms with Gasteiger partial charge in [-0.15, -0.1) is 0 Å². The molecule has 0 aliphatic carbocycles. The van der Waals surface area contributed by atoms with Gasteiger partial charge in [0.15, 0.2) is 6.10 Å². The number of nitrogens with zero attached hydrogens (tertiary/aromatic N) is 1. The highest BCUT2D eigenvalue weighted by Gasteiger charge is 2.25. The summed E-state index contributed by atoms with van der Waals surface area (Å²) in [6, 6.07) is 14.1. The Hall–Kier alpha value is -2.90. The zero-order valence-corrected chi connectivity index (χ0v) is 16.9. The van der Waals surface area contributed by atoms with Gasteiger partial charge >= 0.3 is 17.8 Å². The summed E-state index contributed by atoms with van der Waals surface area (Å²) in [4.78, 5) is 36.0. The number of carbonyl (C=O) groups is 3. The second-order valence-corrected chi connectivity index (χ2v) is 7.31. The first-order valence-electron chi connectivity index (χ1n) is 8.95. The van der Waals surface area contributed by atoms with Crippen LogP contribution in [0, 0.1) is 0 Å². The largest absolute Gasteiger partial charge is 0.479 e. The van der Waals surface area contributed by atoms with Gasteiger partial charge in [0.05, 0.1) is 0 Å². The van der Waals surface area contributed by atoms with Gasteiger partial charge in [-0.2, -0.15) is 0 Å². The van der Waals surface area contributed by atoms with Crippen LogP contribution in [-0.4, -0.2) is 59.1 Å². The second-order valence-electron chi connectivity index (χ2n) is 6.87. The summed E-state index contributed by atoms with van der Waals surface area (Å²) in [5, 5.41) is 21.8. The first kappa shape index (κ1) is 22.4. The number of benzene rings is 2. The van der Waals surface area contributed by atoms with E-state index in [2.05, 4.69) is 5.32 Å². The maximum atomic E-state index is 12.1. The summed E-state index contributed by atoms with van der Waals surface area (Å²) in [5.74, 6) is -3.00. The van der Waals surface area contributed by atoms with Crippen LogP contribution in [0.2, 0.25) is 5.02 Å². The lowest BCUT2D eigenvalue weighted by Crippen LogP contribution is -2.46. The topological polar surface area (TPSA) is 107 Å². The van der Waals surface area contributed by atoms with E-state index >= 15 is 0 Å². The van der Waals surface area contributed by atoms with E-state index in [4.69, 9.17) is 16.7 Å². The Balaban J connectivity index is 2.15. The fourth-order valence-electron chi connectivity index (χ4n) is 2.80. The van der Waals surface area contributed by atoms with Crippen LogP contribution in [-0.2, 0) is 20.8 Å². The first-order chi connectivity index (χ1) is 13.7. The Bertz CT molecular complexity index is 883. The Morgan fingerprint density at radius 1 is 1.07 bits per heavy atom. The number of carboxylic acid groups (broad SMARTS) is 1. The van der Waals surface area contributed by atoms with E-state index in [1.165, 1.54) is 14.1 Å². The molecule has 0 aliphatic heterocycles. The van der Waals surface area contributed by atoms with E-state index < -0.39 is 29.9 Å². The van der Waals surface area contributed by atoms with Crippen LogP contribution in [0.3, 0.4) is 0 Å². The molecule has 0 saturated carbocycles. The summed E-state index contributed by atoms with van der Waals surface area (Å²) in [6.45, 7) is 0. The number of likely N-dealkylation sites (N-methyl/N-ethyl adjacent to an activating group) is 1. The fourth-order valence-corrected chi connectivity index (χ4v) is 2.99. The molecule has 29 heavy (non-hydrogen) atoms. The van der Waals surface area contributed by atoms with Crippen molar-refractivity contribution in [1.29, 1.82) is 0 Å². The number of aliphatic hydroxyl groups excluding tert-OH is 1. The summed E-state index contributed by atoms with van der Waals surface area (Å²) in [6.07, 6.45) is -1.62. The van der Waals surface area contributed by atoms with Gasteiger partial charge in [0, 0.05) is 31.6 Å². The van der Waals surface area contributed by atoms with Gasteiger partial charge in [-0.1, -0.05) is 48.0 Å². The number of halogens is 1. The van der Waals surface area contributed by atoms with Crippen molar-refractivity contribution in [2.24, 2.45) is 0 Å². The zero-order valence-electron chi connectivity index (χ0n) is 16.1. The van der Waals surface area contributed by atoms with Gasteiger partial charge in [0.1, 0.15) is 0 Å². The number of nitrogens with one attached hydrogen (secondary N) is 1. The van der Waals surface area contributed by atoms with Crippen LogP contribution in [0.5, 0.6) is 0 Å². The van der Waals surface area contributed by atoms with Crippen LogP contribution >= 0.6 is 11.6 Å². The van der Waals surface area contributed by atoms with E-state index in [1.54, 1.807) is 6.07 Å². The molecule has 0 fully saturated rings. The SMILES string of the molecule is CN(C)C(=O)C(=O)N[C@H](Cc1ccc(-c2cccc(Cl)c2)cc1)C[C@@H](O)C(=O)O. The van der Waals surface area contributed by atoms with Gasteiger partial charge in [0.2, 0.25) is 0 Å². The van der Waals surface area contributed by atoms with E-state index in [0.29, 0.717) is 5.02 Å². The predicted molar refractivity (Wildman–Crippen MR) is 109 cm³/mol. The third kappa shape index (κ3) is 6.58. The fraction of sp³-hybridized carbons (Fsp3) is 0.286. The third-order valence-corrected chi connectivity index (χ3v) is 4.56. The Kier molecular flexibility index (Phi) is 7.75. The molecule has 2 aromatic rings. The molecule has 2 atom stereocenters. The van der Waals surface area contributed by atoms with Gasteiger partial charge in [-0.25, -0.2) is 4.79 Å². The van der Waals surface area contributed by atoms with Crippen LogP contribution in [0.4, 0.5) is 0 Å². The van der Waals surface area contributed by atoms with E-state index in [1.807, 2.05) is 42.5 Å². The summed E-state index contributed by atoms with van der Waals surface area (Å²) >= 11 is 6.02. The quantitative estimate of drug-likeness (QED) is 0.596. The van der Waals surface area contributed by atoms with Crippen LogP contribution < -0.4 is 5.32 Å².